The number of ether oxygens (including phenoxy) is 1. The molecule has 0 aliphatic carbocycles. The molecule has 0 unspecified atom stereocenters. The van der Waals surface area contributed by atoms with Gasteiger partial charge in [0, 0.05) is 5.57 Å². The molecule has 0 saturated heterocycles. The van der Waals surface area contributed by atoms with Gasteiger partial charge in [-0.05, 0) is 25.5 Å². The summed E-state index contributed by atoms with van der Waals surface area (Å²) in [6, 6.07) is 9.84. The summed E-state index contributed by atoms with van der Waals surface area (Å²) in [6.07, 6.45) is 3.26. The number of hydrogen-bond donors (Lipinski definition) is 0. The van der Waals surface area contributed by atoms with Crippen LogP contribution < -0.4 is 0 Å². The number of esters is 1. The molecule has 0 saturated carbocycles. The lowest BCUT2D eigenvalue weighted by Gasteiger charge is -1.96. The van der Waals surface area contributed by atoms with Gasteiger partial charge in [0.1, 0.15) is 6.26 Å². The highest BCUT2D eigenvalue weighted by Crippen LogP contribution is 2.17. The van der Waals surface area contributed by atoms with Gasteiger partial charge in [0.2, 0.25) is 5.89 Å². The first-order valence-electron chi connectivity index (χ1n) is 6.07. The van der Waals surface area contributed by atoms with Crippen molar-refractivity contribution in [3.05, 3.63) is 53.7 Å². The molecule has 1 aromatic heterocycles. The second-order valence-corrected chi connectivity index (χ2v) is 4.00. The van der Waals surface area contributed by atoms with Gasteiger partial charge in [-0.25, -0.2) is 9.78 Å². The molecule has 0 aliphatic rings. The van der Waals surface area contributed by atoms with Gasteiger partial charge >= 0.3 is 5.97 Å². The van der Waals surface area contributed by atoms with E-state index in [0.29, 0.717) is 12.5 Å². The first kappa shape index (κ1) is 13.1. The van der Waals surface area contributed by atoms with E-state index in [1.54, 1.807) is 6.92 Å². The molecular weight excluding hydrogens is 242 g/mol. The molecule has 0 N–H and O–H groups in total. The van der Waals surface area contributed by atoms with E-state index in [1.165, 1.54) is 6.26 Å². The average Bonchev–Trinajstić information content (AvgIpc) is 2.90. The summed E-state index contributed by atoms with van der Waals surface area (Å²) in [5, 5.41) is 0. The number of rotatable bonds is 4. The molecule has 98 valence electrons. The Balaban J connectivity index is 2.19. The van der Waals surface area contributed by atoms with Crippen LogP contribution in [-0.2, 0) is 4.74 Å². The van der Waals surface area contributed by atoms with Crippen LogP contribution in [0.3, 0.4) is 0 Å². The molecule has 4 heteroatoms. The second kappa shape index (κ2) is 6.00. The number of oxazole rings is 1. The number of nitrogens with zero attached hydrogens (tertiary/aromatic N) is 1. The van der Waals surface area contributed by atoms with Crippen molar-refractivity contribution in [3.63, 3.8) is 0 Å². The molecular formula is C15H15NO3. The molecule has 2 aromatic rings. The van der Waals surface area contributed by atoms with Crippen LogP contribution in [0.15, 0.2) is 41.0 Å². The van der Waals surface area contributed by atoms with Crippen LogP contribution >= 0.6 is 0 Å². The van der Waals surface area contributed by atoms with Crippen LogP contribution in [0.2, 0.25) is 0 Å². The number of allylic oxidation sites excluding steroid dienone is 1. The maximum Gasteiger partial charge on any atom is 0.360 e. The van der Waals surface area contributed by atoms with E-state index < -0.39 is 5.97 Å². The first-order chi connectivity index (χ1) is 9.20. The fourth-order valence-corrected chi connectivity index (χ4v) is 1.61. The number of aromatic nitrogens is 1. The van der Waals surface area contributed by atoms with Gasteiger partial charge in [-0.1, -0.05) is 30.3 Å². The summed E-state index contributed by atoms with van der Waals surface area (Å²) in [7, 11) is 0. The van der Waals surface area contributed by atoms with Gasteiger partial charge in [0.15, 0.2) is 5.69 Å². The lowest BCUT2D eigenvalue weighted by atomic mass is 10.1. The highest BCUT2D eigenvalue weighted by Gasteiger charge is 2.13. The Labute approximate surface area is 111 Å². The Bertz CT molecular complexity index is 584. The average molecular weight is 257 g/mol. The van der Waals surface area contributed by atoms with Crippen molar-refractivity contribution in [1.29, 1.82) is 0 Å². The standard InChI is InChI=1S/C15H15NO3/c1-3-18-15(17)13-10-19-14(16-13)11(2)9-12-7-5-4-6-8-12/h4-10H,3H2,1-2H3/b11-9-. The van der Waals surface area contributed by atoms with Gasteiger partial charge < -0.3 is 9.15 Å². The van der Waals surface area contributed by atoms with E-state index in [1.807, 2.05) is 43.3 Å². The van der Waals surface area contributed by atoms with Crippen molar-refractivity contribution in [3.8, 4) is 0 Å². The minimum absolute atomic E-state index is 0.192. The van der Waals surface area contributed by atoms with Gasteiger partial charge in [-0.15, -0.1) is 0 Å². The van der Waals surface area contributed by atoms with Gasteiger partial charge in [0.05, 0.1) is 6.61 Å². The highest BCUT2D eigenvalue weighted by molar-refractivity contribution is 5.87. The predicted molar refractivity (Wildman–Crippen MR) is 72.4 cm³/mol. The van der Waals surface area contributed by atoms with Crippen LogP contribution in [-0.4, -0.2) is 17.6 Å². The van der Waals surface area contributed by atoms with Crippen molar-refractivity contribution in [2.45, 2.75) is 13.8 Å². The van der Waals surface area contributed by atoms with Crippen LogP contribution in [0.25, 0.3) is 11.6 Å². The number of benzene rings is 1. The fraction of sp³-hybridized carbons (Fsp3) is 0.200. The van der Waals surface area contributed by atoms with Crippen molar-refractivity contribution in [2.75, 3.05) is 6.61 Å². The third-order valence-electron chi connectivity index (χ3n) is 2.51. The highest BCUT2D eigenvalue weighted by atomic mass is 16.5. The second-order valence-electron chi connectivity index (χ2n) is 4.00. The first-order valence-corrected chi connectivity index (χ1v) is 6.07. The fourth-order valence-electron chi connectivity index (χ4n) is 1.61. The molecule has 0 atom stereocenters. The molecule has 19 heavy (non-hydrogen) atoms. The van der Waals surface area contributed by atoms with Gasteiger partial charge in [-0.2, -0.15) is 0 Å². The Hall–Kier alpha value is -2.36. The Morgan fingerprint density at radius 2 is 2.11 bits per heavy atom. The maximum atomic E-state index is 11.5. The third kappa shape index (κ3) is 3.31. The largest absolute Gasteiger partial charge is 0.461 e. The summed E-state index contributed by atoms with van der Waals surface area (Å²) in [6.45, 7) is 3.95. The molecule has 0 fully saturated rings. The van der Waals surface area contributed by atoms with Gasteiger partial charge in [-0.3, -0.25) is 0 Å². The van der Waals surface area contributed by atoms with Crippen molar-refractivity contribution in [1.82, 2.24) is 4.98 Å². The van der Waals surface area contributed by atoms with E-state index in [0.717, 1.165) is 11.1 Å². The Kier molecular flexibility index (Phi) is 4.13. The molecule has 0 bridgehead atoms. The predicted octanol–water partition coefficient (Wildman–Crippen LogP) is 3.41. The van der Waals surface area contributed by atoms with Crippen LogP contribution in [0.1, 0.15) is 35.8 Å². The van der Waals surface area contributed by atoms with Crippen LogP contribution in [0.4, 0.5) is 0 Å². The lowest BCUT2D eigenvalue weighted by Crippen LogP contribution is -2.04. The van der Waals surface area contributed by atoms with Crippen LogP contribution in [0.5, 0.6) is 0 Å². The van der Waals surface area contributed by atoms with Crippen LogP contribution in [0, 0.1) is 0 Å². The van der Waals surface area contributed by atoms with Gasteiger partial charge in [0.25, 0.3) is 0 Å². The van der Waals surface area contributed by atoms with Crippen molar-refractivity contribution in [2.24, 2.45) is 0 Å². The van der Waals surface area contributed by atoms with Crippen molar-refractivity contribution >= 4 is 17.6 Å². The lowest BCUT2D eigenvalue weighted by molar-refractivity contribution is 0.0519. The summed E-state index contributed by atoms with van der Waals surface area (Å²) < 4.78 is 10.1. The van der Waals surface area contributed by atoms with E-state index in [-0.39, 0.29) is 5.69 Å². The summed E-state index contributed by atoms with van der Waals surface area (Å²) in [5.74, 6) is -0.0445. The van der Waals surface area contributed by atoms with E-state index in [2.05, 4.69) is 4.98 Å². The smallest absolute Gasteiger partial charge is 0.360 e. The number of carbonyl (C=O) groups is 1. The summed E-state index contributed by atoms with van der Waals surface area (Å²) >= 11 is 0. The molecule has 0 aliphatic heterocycles. The number of carbonyl (C=O) groups excluding carboxylic acids is 1. The molecule has 0 radical (unpaired) electrons. The molecule has 1 aromatic carbocycles. The van der Waals surface area contributed by atoms with E-state index >= 15 is 0 Å². The molecule has 2 rings (SSSR count). The van der Waals surface area contributed by atoms with E-state index in [9.17, 15) is 4.79 Å². The molecule has 0 amide bonds. The SMILES string of the molecule is CCOC(=O)c1coc(/C(C)=C\c2ccccc2)n1. The Morgan fingerprint density at radius 3 is 2.79 bits per heavy atom. The zero-order chi connectivity index (χ0) is 13.7. The minimum Gasteiger partial charge on any atom is -0.461 e. The monoisotopic (exact) mass is 257 g/mol. The molecule has 1 heterocycles. The molecule has 4 nitrogen and oxygen atoms in total. The zero-order valence-corrected chi connectivity index (χ0v) is 10.9. The quantitative estimate of drug-likeness (QED) is 0.787. The summed E-state index contributed by atoms with van der Waals surface area (Å²) in [5.41, 5.74) is 2.09. The molecule has 0 spiro atoms. The topological polar surface area (TPSA) is 52.3 Å². The zero-order valence-electron chi connectivity index (χ0n) is 10.9. The maximum absolute atomic E-state index is 11.5. The minimum atomic E-state index is -0.468. The summed E-state index contributed by atoms with van der Waals surface area (Å²) in [4.78, 5) is 15.6. The van der Waals surface area contributed by atoms with E-state index in [4.69, 9.17) is 9.15 Å². The Morgan fingerprint density at radius 1 is 1.37 bits per heavy atom. The van der Waals surface area contributed by atoms with Crippen molar-refractivity contribution < 1.29 is 13.9 Å². The normalized spacial score (nSPS) is 11.4. The number of hydrogen-bond acceptors (Lipinski definition) is 4. The third-order valence-corrected chi connectivity index (χ3v) is 2.51.